The van der Waals surface area contributed by atoms with E-state index in [1.807, 2.05) is 0 Å². The normalized spacial score (nSPS) is 15.2. The predicted molar refractivity (Wildman–Crippen MR) is 38.3 cm³/mol. The average Bonchev–Trinajstić information content (AvgIpc) is 2.33. The minimum absolute atomic E-state index is 0.206. The van der Waals surface area contributed by atoms with E-state index in [1.54, 1.807) is 0 Å². The van der Waals surface area contributed by atoms with Crippen molar-refractivity contribution in [3.63, 3.8) is 0 Å². The number of carbonyl (C=O) groups excluding carboxylic acids is 2. The maximum atomic E-state index is 11.1. The molecule has 0 fully saturated rings. The molecule has 0 unspecified atom stereocenters. The maximum absolute atomic E-state index is 11.1. The van der Waals surface area contributed by atoms with Crippen LogP contribution in [-0.2, 0) is 0 Å². The fourth-order valence-corrected chi connectivity index (χ4v) is 1.01. The predicted octanol–water partition coefficient (Wildman–Crippen LogP) is -0.844. The third-order valence-electron chi connectivity index (χ3n) is 1.63. The minimum atomic E-state index is -0.537. The van der Waals surface area contributed by atoms with E-state index < -0.39 is 11.8 Å². The minimum Gasteiger partial charge on any atom is -0.332 e. The largest absolute Gasteiger partial charge is 0.332 e. The van der Waals surface area contributed by atoms with Crippen molar-refractivity contribution >= 4 is 19.8 Å². The summed E-state index contributed by atoms with van der Waals surface area (Å²) in [6.07, 6.45) is 2.45. The van der Waals surface area contributed by atoms with Crippen molar-refractivity contribution in [2.45, 2.75) is 0 Å². The summed E-state index contributed by atoms with van der Waals surface area (Å²) < 4.78 is 0. The highest BCUT2D eigenvalue weighted by molar-refractivity contribution is 6.36. The van der Waals surface area contributed by atoms with Gasteiger partial charge in [0.2, 0.25) is 19.8 Å². The first-order chi connectivity index (χ1) is 5.72. The lowest BCUT2D eigenvalue weighted by Gasteiger charge is -2.02. The summed E-state index contributed by atoms with van der Waals surface area (Å²) in [5.41, 5.74) is 0.412. The van der Waals surface area contributed by atoms with E-state index in [9.17, 15) is 9.59 Å². The maximum Gasteiger partial charge on any atom is 0.250 e. The van der Waals surface area contributed by atoms with Gasteiger partial charge in [-0.25, -0.2) is 0 Å². The van der Waals surface area contributed by atoms with Gasteiger partial charge >= 0.3 is 0 Å². The Morgan fingerprint density at radius 2 is 1.50 bits per heavy atom. The van der Waals surface area contributed by atoms with Crippen LogP contribution in [0.4, 0.5) is 0 Å². The van der Waals surface area contributed by atoms with Gasteiger partial charge in [0.1, 0.15) is 0 Å². The van der Waals surface area contributed by atoms with E-state index in [2.05, 4.69) is 10.2 Å². The molecule has 5 nitrogen and oxygen atoms in total. The molecule has 0 aromatic carbocycles. The van der Waals surface area contributed by atoms with E-state index in [4.69, 9.17) is 7.98 Å². The summed E-state index contributed by atoms with van der Waals surface area (Å²) in [6, 6.07) is 0. The van der Waals surface area contributed by atoms with Crippen LogP contribution in [0.15, 0.2) is 12.4 Å². The fraction of sp³-hybridized carbons (Fsp3) is 0. The summed E-state index contributed by atoms with van der Waals surface area (Å²) in [4.78, 5) is 22.8. The van der Waals surface area contributed by atoms with Crippen molar-refractivity contribution in [3.05, 3.63) is 23.5 Å². The number of nitrogens with zero attached hydrogens (tertiary/aromatic N) is 3. The zero-order valence-corrected chi connectivity index (χ0v) is 5.89. The van der Waals surface area contributed by atoms with Crippen LogP contribution in [-0.4, -0.2) is 34.8 Å². The van der Waals surface area contributed by atoms with Crippen molar-refractivity contribution < 1.29 is 9.59 Å². The molecule has 6 heteroatoms. The number of rotatable bonds is 0. The quantitative estimate of drug-likeness (QED) is 0.365. The van der Waals surface area contributed by atoms with Crippen molar-refractivity contribution in [1.29, 1.82) is 0 Å². The van der Waals surface area contributed by atoms with Crippen molar-refractivity contribution in [2.75, 3.05) is 0 Å². The van der Waals surface area contributed by atoms with Gasteiger partial charge < -0.3 is 4.81 Å². The third-order valence-corrected chi connectivity index (χ3v) is 1.63. The standard InChI is InChI=1S/C6H2BN3O2/c7-10-5(11)3-1-8-9-2-4(3)6(10)12/h1-2H. The highest BCUT2D eigenvalue weighted by atomic mass is 16.2. The highest BCUT2D eigenvalue weighted by Crippen LogP contribution is 2.17. The number of amides is 2. The lowest BCUT2D eigenvalue weighted by molar-refractivity contribution is 0.0766. The lowest BCUT2D eigenvalue weighted by Crippen LogP contribution is -2.26. The average molecular weight is 159 g/mol. The number of aromatic nitrogens is 2. The molecule has 0 saturated carbocycles. The third kappa shape index (κ3) is 0.688. The van der Waals surface area contributed by atoms with Crippen LogP contribution in [0.3, 0.4) is 0 Å². The molecule has 12 heavy (non-hydrogen) atoms. The fourth-order valence-electron chi connectivity index (χ4n) is 1.01. The zero-order chi connectivity index (χ0) is 8.72. The van der Waals surface area contributed by atoms with Gasteiger partial charge in [0, 0.05) is 0 Å². The zero-order valence-electron chi connectivity index (χ0n) is 5.89. The molecule has 1 aromatic heterocycles. The van der Waals surface area contributed by atoms with Gasteiger partial charge in [0.05, 0.1) is 23.5 Å². The Balaban J connectivity index is 2.67. The monoisotopic (exact) mass is 159 g/mol. The molecule has 0 bridgehead atoms. The Morgan fingerprint density at radius 1 is 1.08 bits per heavy atom. The molecule has 0 spiro atoms. The smallest absolute Gasteiger partial charge is 0.250 e. The Labute approximate surface area is 68.8 Å². The first-order valence-electron chi connectivity index (χ1n) is 3.16. The summed E-state index contributed by atoms with van der Waals surface area (Å²) in [5, 5.41) is 6.94. The summed E-state index contributed by atoms with van der Waals surface area (Å²) in [7, 11) is 5.15. The van der Waals surface area contributed by atoms with Crippen LogP contribution in [0.25, 0.3) is 0 Å². The summed E-state index contributed by atoms with van der Waals surface area (Å²) in [6.45, 7) is 0. The molecule has 2 rings (SSSR count). The number of hydrogen-bond donors (Lipinski definition) is 0. The van der Waals surface area contributed by atoms with Crippen LogP contribution < -0.4 is 0 Å². The van der Waals surface area contributed by atoms with Gasteiger partial charge in [-0.3, -0.25) is 9.59 Å². The van der Waals surface area contributed by atoms with E-state index in [-0.39, 0.29) is 11.1 Å². The molecule has 0 saturated heterocycles. The number of carbonyl (C=O) groups is 2. The second-order valence-electron chi connectivity index (χ2n) is 2.30. The van der Waals surface area contributed by atoms with Crippen molar-refractivity contribution in [2.24, 2.45) is 0 Å². The molecular weight excluding hydrogens is 157 g/mol. The van der Waals surface area contributed by atoms with Gasteiger partial charge in [-0.2, -0.15) is 10.2 Å². The number of hydrogen-bond acceptors (Lipinski definition) is 4. The molecule has 2 heterocycles. The lowest BCUT2D eigenvalue weighted by atomic mass is 10.2. The molecule has 1 aliphatic rings. The molecule has 0 aliphatic carbocycles. The highest BCUT2D eigenvalue weighted by Gasteiger charge is 2.32. The van der Waals surface area contributed by atoms with Gasteiger partial charge in [-0.05, 0) is 0 Å². The molecule has 1 aliphatic heterocycles. The Hall–Kier alpha value is -1.72. The van der Waals surface area contributed by atoms with Gasteiger partial charge in [0.25, 0.3) is 0 Å². The first kappa shape index (κ1) is 6.96. The van der Waals surface area contributed by atoms with Crippen molar-refractivity contribution in [1.82, 2.24) is 15.0 Å². The van der Waals surface area contributed by atoms with Crippen LogP contribution in [0.5, 0.6) is 0 Å². The second kappa shape index (κ2) is 2.13. The molecule has 1 aromatic rings. The van der Waals surface area contributed by atoms with E-state index >= 15 is 0 Å². The molecular formula is C6H2BN3O2. The molecule has 2 radical (unpaired) electrons. The summed E-state index contributed by atoms with van der Waals surface area (Å²) in [5.74, 6) is -1.07. The van der Waals surface area contributed by atoms with E-state index in [0.29, 0.717) is 4.81 Å². The van der Waals surface area contributed by atoms with Crippen LogP contribution in [0, 0.1) is 0 Å². The Bertz CT molecular complexity index is 344. The SMILES string of the molecule is [B]N1C(=O)c2cnncc2C1=O. The Kier molecular flexibility index (Phi) is 1.24. The number of imide groups is 1. The second-order valence-corrected chi connectivity index (χ2v) is 2.30. The van der Waals surface area contributed by atoms with Gasteiger partial charge in [0.15, 0.2) is 0 Å². The first-order valence-corrected chi connectivity index (χ1v) is 3.16. The number of fused-ring (bicyclic) bond motifs is 1. The van der Waals surface area contributed by atoms with Crippen LogP contribution in [0.2, 0.25) is 0 Å². The topological polar surface area (TPSA) is 63.2 Å². The molecule has 2 amide bonds. The Morgan fingerprint density at radius 3 is 1.92 bits per heavy atom. The van der Waals surface area contributed by atoms with E-state index in [1.165, 1.54) is 12.4 Å². The van der Waals surface area contributed by atoms with Gasteiger partial charge in [-0.1, -0.05) is 0 Å². The van der Waals surface area contributed by atoms with Crippen molar-refractivity contribution in [3.8, 4) is 0 Å². The molecule has 0 N–H and O–H groups in total. The summed E-state index contributed by atoms with van der Waals surface area (Å²) >= 11 is 0. The molecule has 56 valence electrons. The van der Waals surface area contributed by atoms with E-state index in [0.717, 1.165) is 0 Å². The van der Waals surface area contributed by atoms with Crippen LogP contribution in [0.1, 0.15) is 20.7 Å². The van der Waals surface area contributed by atoms with Crippen LogP contribution >= 0.6 is 0 Å². The molecule has 0 atom stereocenters. The van der Waals surface area contributed by atoms with Gasteiger partial charge in [-0.15, -0.1) is 0 Å².